The second-order valence-corrected chi connectivity index (χ2v) is 13.3. The Balaban J connectivity index is 1.67. The molecule has 4 aromatic rings. The van der Waals surface area contributed by atoms with Crippen LogP contribution in [0, 0.1) is 0 Å². The molecule has 3 aromatic carbocycles. The zero-order chi connectivity index (χ0) is 27.2. The van der Waals surface area contributed by atoms with Crippen molar-refractivity contribution in [2.75, 3.05) is 0 Å². The third kappa shape index (κ3) is 4.88. The third-order valence-electron chi connectivity index (χ3n) is 5.86. The Hall–Kier alpha value is -3.44. The van der Waals surface area contributed by atoms with E-state index in [-0.39, 0.29) is 53.7 Å². The van der Waals surface area contributed by atoms with E-state index in [0.717, 1.165) is 0 Å². The molecule has 0 N–H and O–H groups in total. The fourth-order valence-corrected chi connectivity index (χ4v) is 7.24. The van der Waals surface area contributed by atoms with Gasteiger partial charge >= 0.3 is 0 Å². The zero-order valence-electron chi connectivity index (χ0n) is 19.3. The number of sulfone groups is 2. The lowest BCUT2D eigenvalue weighted by molar-refractivity contribution is 0.0971. The summed E-state index contributed by atoms with van der Waals surface area (Å²) in [7, 11) is -8.20. The lowest BCUT2D eigenvalue weighted by atomic mass is 9.89. The van der Waals surface area contributed by atoms with Crippen LogP contribution >= 0.6 is 23.2 Å². The van der Waals surface area contributed by atoms with Crippen LogP contribution in [-0.2, 0) is 31.2 Å². The smallest absolute Gasteiger partial charge is 0.214 e. The number of fused-ring (bicyclic) bond motifs is 2. The molecular formula is C26H16Cl2N2O6S2. The number of carbonyl (C=O) groups excluding carboxylic acids is 2. The number of hydrogen-bond acceptors (Lipinski definition) is 8. The number of nitrogens with zero attached hydrogens (tertiary/aromatic N) is 2. The first-order chi connectivity index (χ1) is 18.0. The molecule has 12 heteroatoms. The SMILES string of the molecule is O=C1c2ccccc2C(=O)c2nc(CS(=O)(=O)c3cccc(Cl)c3)c(CS(=O)(=O)c3cccc(Cl)c3)nc21. The minimum absolute atomic E-state index is 0.0993. The molecule has 0 unspecified atom stereocenters. The summed E-state index contributed by atoms with van der Waals surface area (Å²) >= 11 is 11.9. The molecule has 0 radical (unpaired) electrons. The summed E-state index contributed by atoms with van der Waals surface area (Å²) in [6.07, 6.45) is 0. The standard InChI is InChI=1S/C26H16Cl2N2O6S2/c27-15-5-3-7-17(11-15)37(33,34)13-21-22(14-38(35,36)18-8-4-6-16(28)12-18)30-24-23(29-21)25(31)19-9-1-2-10-20(19)26(24)32/h1-12H,13-14H2. The third-order valence-corrected chi connectivity index (χ3v) is 9.58. The lowest BCUT2D eigenvalue weighted by Gasteiger charge is -2.19. The number of benzene rings is 3. The first kappa shape index (κ1) is 26.2. The van der Waals surface area contributed by atoms with Crippen molar-refractivity contribution in [1.29, 1.82) is 0 Å². The van der Waals surface area contributed by atoms with Gasteiger partial charge in [-0.25, -0.2) is 26.8 Å². The molecule has 1 aromatic heterocycles. The number of ketones is 2. The maximum atomic E-state index is 13.3. The Morgan fingerprint density at radius 1 is 0.579 bits per heavy atom. The minimum Gasteiger partial charge on any atom is -0.287 e. The molecule has 0 aliphatic heterocycles. The molecule has 0 bridgehead atoms. The van der Waals surface area contributed by atoms with Crippen LogP contribution in [0.25, 0.3) is 0 Å². The monoisotopic (exact) mass is 586 g/mol. The van der Waals surface area contributed by atoms with E-state index in [0.29, 0.717) is 0 Å². The first-order valence-corrected chi connectivity index (χ1v) is 15.1. The van der Waals surface area contributed by atoms with Gasteiger partial charge in [0.05, 0.1) is 32.7 Å². The summed E-state index contributed by atoms with van der Waals surface area (Å²) in [6.45, 7) is 0. The highest BCUT2D eigenvalue weighted by Gasteiger charge is 2.35. The Kier molecular flexibility index (Phi) is 6.68. The molecule has 0 saturated heterocycles. The van der Waals surface area contributed by atoms with Gasteiger partial charge in [-0.05, 0) is 36.4 Å². The van der Waals surface area contributed by atoms with Crippen LogP contribution in [0.5, 0.6) is 0 Å². The Morgan fingerprint density at radius 3 is 1.34 bits per heavy atom. The maximum Gasteiger partial charge on any atom is 0.214 e. The minimum atomic E-state index is -4.10. The Labute approximate surface area is 228 Å². The van der Waals surface area contributed by atoms with Crippen molar-refractivity contribution in [1.82, 2.24) is 9.97 Å². The van der Waals surface area contributed by atoms with Gasteiger partial charge in [-0.15, -0.1) is 0 Å². The van der Waals surface area contributed by atoms with Crippen LogP contribution in [-0.4, -0.2) is 38.4 Å². The second-order valence-electron chi connectivity index (χ2n) is 8.45. The number of aromatic nitrogens is 2. The van der Waals surface area contributed by atoms with Crippen LogP contribution in [0.15, 0.2) is 82.6 Å². The van der Waals surface area contributed by atoms with Crippen molar-refractivity contribution in [3.8, 4) is 0 Å². The van der Waals surface area contributed by atoms with E-state index >= 15 is 0 Å². The molecule has 0 fully saturated rings. The zero-order valence-corrected chi connectivity index (χ0v) is 22.4. The predicted molar refractivity (Wildman–Crippen MR) is 140 cm³/mol. The van der Waals surface area contributed by atoms with Gasteiger partial charge in [0.2, 0.25) is 11.6 Å². The van der Waals surface area contributed by atoms with E-state index in [1.165, 1.54) is 60.7 Å². The summed E-state index contributed by atoms with van der Waals surface area (Å²) in [6, 6.07) is 17.2. The van der Waals surface area contributed by atoms with Crippen LogP contribution in [0.2, 0.25) is 10.0 Å². The summed E-state index contributed by atoms with van der Waals surface area (Å²) in [5.74, 6) is -2.80. The van der Waals surface area contributed by atoms with Crippen molar-refractivity contribution >= 4 is 54.4 Å². The predicted octanol–water partition coefficient (Wildman–Crippen LogP) is 4.51. The summed E-state index contributed by atoms with van der Waals surface area (Å²) < 4.78 is 53.0. The van der Waals surface area contributed by atoms with Crippen molar-refractivity contribution < 1.29 is 26.4 Å². The fourth-order valence-electron chi connectivity index (χ4n) is 4.03. The molecule has 0 saturated carbocycles. The molecule has 1 aliphatic carbocycles. The van der Waals surface area contributed by atoms with Crippen LogP contribution in [0.4, 0.5) is 0 Å². The molecule has 1 heterocycles. The average molecular weight is 587 g/mol. The van der Waals surface area contributed by atoms with Gasteiger partial charge < -0.3 is 0 Å². The maximum absolute atomic E-state index is 13.3. The van der Waals surface area contributed by atoms with Gasteiger partial charge in [0.25, 0.3) is 0 Å². The van der Waals surface area contributed by atoms with Crippen molar-refractivity contribution in [3.05, 3.63) is 117 Å². The quantitative estimate of drug-likeness (QED) is 0.284. The highest BCUT2D eigenvalue weighted by molar-refractivity contribution is 7.91. The van der Waals surface area contributed by atoms with Crippen molar-refractivity contribution in [3.63, 3.8) is 0 Å². The number of halogens is 2. The Bertz CT molecular complexity index is 1740. The second kappa shape index (κ2) is 9.70. The number of carbonyl (C=O) groups is 2. The van der Waals surface area contributed by atoms with Gasteiger partial charge in [0, 0.05) is 21.2 Å². The highest BCUT2D eigenvalue weighted by atomic mass is 35.5. The molecular weight excluding hydrogens is 571 g/mol. The Morgan fingerprint density at radius 2 is 0.974 bits per heavy atom. The fraction of sp³-hybridized carbons (Fsp3) is 0.0769. The van der Waals surface area contributed by atoms with E-state index in [2.05, 4.69) is 9.97 Å². The first-order valence-electron chi connectivity index (χ1n) is 11.0. The van der Waals surface area contributed by atoms with Gasteiger partial charge in [-0.1, -0.05) is 59.6 Å². The number of rotatable bonds is 6. The molecule has 8 nitrogen and oxygen atoms in total. The van der Waals surface area contributed by atoms with Gasteiger partial charge in [0.1, 0.15) is 11.4 Å². The van der Waals surface area contributed by atoms with E-state index in [4.69, 9.17) is 23.2 Å². The van der Waals surface area contributed by atoms with Crippen LogP contribution in [0.1, 0.15) is 43.5 Å². The van der Waals surface area contributed by atoms with E-state index in [1.807, 2.05) is 0 Å². The van der Waals surface area contributed by atoms with Crippen LogP contribution in [0.3, 0.4) is 0 Å². The normalized spacial score (nSPS) is 13.2. The molecule has 5 rings (SSSR count). The number of hydrogen-bond donors (Lipinski definition) is 0. The topological polar surface area (TPSA) is 128 Å². The summed E-state index contributed by atoms with van der Waals surface area (Å²) in [5, 5.41) is 0.368. The molecule has 192 valence electrons. The molecule has 0 amide bonds. The largest absolute Gasteiger partial charge is 0.287 e. The highest BCUT2D eigenvalue weighted by Crippen LogP contribution is 2.29. The molecule has 0 atom stereocenters. The van der Waals surface area contributed by atoms with Crippen molar-refractivity contribution in [2.24, 2.45) is 0 Å². The molecule has 1 aliphatic rings. The molecule has 0 spiro atoms. The van der Waals surface area contributed by atoms with E-state index < -0.39 is 42.7 Å². The van der Waals surface area contributed by atoms with Gasteiger partial charge in [-0.3, -0.25) is 9.59 Å². The van der Waals surface area contributed by atoms with E-state index in [9.17, 15) is 26.4 Å². The van der Waals surface area contributed by atoms with E-state index in [1.54, 1.807) is 12.1 Å². The molecule has 38 heavy (non-hydrogen) atoms. The summed E-state index contributed by atoms with van der Waals surface area (Å²) in [5.41, 5.74) is -1.02. The average Bonchev–Trinajstić information content (AvgIpc) is 2.88. The van der Waals surface area contributed by atoms with Gasteiger partial charge in [-0.2, -0.15) is 0 Å². The lowest BCUT2D eigenvalue weighted by Crippen LogP contribution is -2.27. The van der Waals surface area contributed by atoms with Gasteiger partial charge in [0.15, 0.2) is 19.7 Å². The van der Waals surface area contributed by atoms with Crippen molar-refractivity contribution in [2.45, 2.75) is 21.3 Å². The van der Waals surface area contributed by atoms with Crippen LogP contribution < -0.4 is 0 Å². The summed E-state index contributed by atoms with van der Waals surface area (Å²) in [4.78, 5) is 34.6.